The highest BCUT2D eigenvalue weighted by Gasteiger charge is 2.63. The third kappa shape index (κ3) is 3.32. The van der Waals surface area contributed by atoms with Crippen LogP contribution in [0, 0.1) is 5.92 Å². The van der Waals surface area contributed by atoms with Gasteiger partial charge in [-0.1, -0.05) is 0 Å². The summed E-state index contributed by atoms with van der Waals surface area (Å²) in [7, 11) is 0. The Morgan fingerprint density at radius 1 is 1.10 bits per heavy atom. The van der Waals surface area contributed by atoms with Gasteiger partial charge in [-0.15, -0.1) is 0 Å². The number of halogens is 6. The summed E-state index contributed by atoms with van der Waals surface area (Å²) < 4.78 is 74.2. The molecule has 1 fully saturated rings. The molecule has 11 heteroatoms. The average Bonchev–Trinajstić information content (AvgIpc) is 2.55. The summed E-state index contributed by atoms with van der Waals surface area (Å²) >= 11 is 0. The van der Waals surface area contributed by atoms with Gasteiger partial charge < -0.3 is 15.1 Å². The number of carbonyl (C=O) groups excluding carboxylic acids is 1. The van der Waals surface area contributed by atoms with E-state index < -0.39 is 55.3 Å². The van der Waals surface area contributed by atoms with Gasteiger partial charge in [-0.25, -0.2) is 4.79 Å². The largest absolute Gasteiger partial charge is 0.480 e. The van der Waals surface area contributed by atoms with E-state index in [-0.39, 0.29) is 4.90 Å². The molecule has 1 amide bonds. The monoisotopic (exact) mass is 309 g/mol. The van der Waals surface area contributed by atoms with Crippen molar-refractivity contribution in [1.82, 2.24) is 4.90 Å². The Bertz CT molecular complexity index is 392. The van der Waals surface area contributed by atoms with Crippen molar-refractivity contribution in [3.05, 3.63) is 0 Å². The molecule has 0 aromatic rings. The van der Waals surface area contributed by atoms with E-state index in [4.69, 9.17) is 10.2 Å². The summed E-state index contributed by atoms with van der Waals surface area (Å²) in [5, 5.41) is 17.8. The van der Waals surface area contributed by atoms with E-state index in [2.05, 4.69) is 0 Å². The third-order valence-corrected chi connectivity index (χ3v) is 2.75. The van der Waals surface area contributed by atoms with E-state index in [1.807, 2.05) is 0 Å². The Balaban J connectivity index is 3.10. The fourth-order valence-corrected chi connectivity index (χ4v) is 1.92. The van der Waals surface area contributed by atoms with Crippen LogP contribution in [0.1, 0.15) is 6.42 Å². The molecule has 2 N–H and O–H groups in total. The molecule has 1 heterocycles. The lowest BCUT2D eigenvalue weighted by atomic mass is 10.1. The number of aliphatic hydroxyl groups excluding tert-OH is 1. The van der Waals surface area contributed by atoms with Crippen molar-refractivity contribution in [2.75, 3.05) is 6.54 Å². The van der Waals surface area contributed by atoms with Crippen LogP contribution in [0.2, 0.25) is 0 Å². The molecule has 0 radical (unpaired) electrons. The number of carboxylic acids is 1. The average molecular weight is 309 g/mol. The number of amides is 1. The number of hydrogen-bond acceptors (Lipinski definition) is 3. The maximum absolute atomic E-state index is 12.4. The maximum Gasteiger partial charge on any atom is 0.409 e. The molecular weight excluding hydrogens is 300 g/mol. The van der Waals surface area contributed by atoms with Crippen LogP contribution in [0.25, 0.3) is 0 Å². The van der Waals surface area contributed by atoms with Crippen molar-refractivity contribution in [2.24, 2.45) is 5.92 Å². The van der Waals surface area contributed by atoms with E-state index in [1.54, 1.807) is 0 Å². The lowest BCUT2D eigenvalue weighted by molar-refractivity contribution is -0.278. The topological polar surface area (TPSA) is 77.8 Å². The highest BCUT2D eigenvalue weighted by molar-refractivity contribution is 5.86. The highest BCUT2D eigenvalue weighted by atomic mass is 19.4. The van der Waals surface area contributed by atoms with Crippen LogP contribution < -0.4 is 0 Å². The number of β-amino-alcohol motifs (C(OH)–C–C–N with tert-alkyl or cyclic N) is 1. The van der Waals surface area contributed by atoms with Gasteiger partial charge in [-0.2, -0.15) is 26.3 Å². The number of carbonyl (C=O) groups is 2. The van der Waals surface area contributed by atoms with Crippen molar-refractivity contribution in [2.45, 2.75) is 30.9 Å². The lowest BCUT2D eigenvalue weighted by Gasteiger charge is -2.28. The molecule has 0 bridgehead atoms. The van der Waals surface area contributed by atoms with Crippen LogP contribution in [-0.2, 0) is 9.59 Å². The molecular formula is C9H9F6NO4. The van der Waals surface area contributed by atoms with Crippen molar-refractivity contribution in [3.8, 4) is 0 Å². The first kappa shape index (κ1) is 16.5. The minimum absolute atomic E-state index is 0.0986. The van der Waals surface area contributed by atoms with Gasteiger partial charge in [0.2, 0.25) is 11.8 Å². The summed E-state index contributed by atoms with van der Waals surface area (Å²) in [6.45, 7) is -0.890. The van der Waals surface area contributed by atoms with E-state index >= 15 is 0 Å². The first-order chi connectivity index (χ1) is 8.85. The molecule has 116 valence electrons. The maximum atomic E-state index is 12.4. The second-order valence-electron chi connectivity index (χ2n) is 4.25. The summed E-state index contributed by atoms with van der Waals surface area (Å²) in [5.74, 6) is -8.51. The van der Waals surface area contributed by atoms with Gasteiger partial charge in [0.25, 0.3) is 0 Å². The molecule has 1 aliphatic rings. The number of likely N-dealkylation sites (tertiary alicyclic amines) is 1. The Morgan fingerprint density at radius 3 is 1.90 bits per heavy atom. The summed E-state index contributed by atoms with van der Waals surface area (Å²) in [6, 6.07) is -1.91. The fraction of sp³-hybridized carbons (Fsp3) is 0.778. The van der Waals surface area contributed by atoms with Crippen molar-refractivity contribution in [1.29, 1.82) is 0 Å². The molecule has 0 spiro atoms. The predicted molar refractivity (Wildman–Crippen MR) is 49.4 cm³/mol. The van der Waals surface area contributed by atoms with Crippen LogP contribution in [0.15, 0.2) is 0 Å². The second-order valence-corrected chi connectivity index (χ2v) is 4.25. The van der Waals surface area contributed by atoms with Crippen LogP contribution in [0.4, 0.5) is 26.3 Å². The first-order valence-corrected chi connectivity index (χ1v) is 5.20. The molecule has 2 atom stereocenters. The number of rotatable bonds is 2. The van der Waals surface area contributed by atoms with Gasteiger partial charge in [0.1, 0.15) is 6.04 Å². The minimum atomic E-state index is -5.90. The van der Waals surface area contributed by atoms with E-state index in [1.165, 1.54) is 0 Å². The Kier molecular flexibility index (Phi) is 4.22. The zero-order valence-corrected chi connectivity index (χ0v) is 9.57. The van der Waals surface area contributed by atoms with Crippen LogP contribution in [0.5, 0.6) is 0 Å². The molecule has 0 saturated carbocycles. The summed E-state index contributed by atoms with van der Waals surface area (Å²) in [5.41, 5.74) is 0. The number of aliphatic carboxylic acids is 1. The third-order valence-electron chi connectivity index (χ3n) is 2.75. The van der Waals surface area contributed by atoms with Gasteiger partial charge in [0, 0.05) is 13.0 Å². The molecule has 1 aliphatic heterocycles. The molecule has 5 nitrogen and oxygen atoms in total. The van der Waals surface area contributed by atoms with Gasteiger partial charge in [0.15, 0.2) is 0 Å². The molecule has 0 unspecified atom stereocenters. The van der Waals surface area contributed by atoms with Crippen molar-refractivity contribution < 1.29 is 46.1 Å². The molecule has 1 rings (SSSR count). The molecule has 0 aliphatic carbocycles. The second kappa shape index (κ2) is 5.11. The van der Waals surface area contributed by atoms with E-state index in [0.29, 0.717) is 0 Å². The number of alkyl halides is 6. The lowest BCUT2D eigenvalue weighted by Crippen LogP contribution is -2.52. The van der Waals surface area contributed by atoms with Crippen LogP contribution >= 0.6 is 0 Å². The smallest absolute Gasteiger partial charge is 0.409 e. The summed E-state index contributed by atoms with van der Waals surface area (Å²) in [4.78, 5) is 22.0. The normalized spacial score (nSPS) is 24.3. The zero-order valence-electron chi connectivity index (χ0n) is 9.57. The number of aliphatic hydroxyl groups is 1. The Morgan fingerprint density at radius 2 is 1.55 bits per heavy atom. The fourth-order valence-electron chi connectivity index (χ4n) is 1.92. The van der Waals surface area contributed by atoms with Gasteiger partial charge >= 0.3 is 18.3 Å². The number of nitrogens with zero attached hydrogens (tertiary/aromatic N) is 1. The van der Waals surface area contributed by atoms with E-state index in [9.17, 15) is 35.9 Å². The quantitative estimate of drug-likeness (QED) is 0.739. The molecule has 1 saturated heterocycles. The molecule has 20 heavy (non-hydrogen) atoms. The molecule has 0 aromatic heterocycles. The summed E-state index contributed by atoms with van der Waals surface area (Å²) in [6.07, 6.45) is -13.9. The first-order valence-electron chi connectivity index (χ1n) is 5.20. The van der Waals surface area contributed by atoms with Gasteiger partial charge in [0.05, 0.1) is 6.10 Å². The zero-order chi connectivity index (χ0) is 15.9. The number of carboxylic acid groups (broad SMARTS) is 1. The molecule has 0 aromatic carbocycles. The predicted octanol–water partition coefficient (Wildman–Crippen LogP) is 0.774. The SMILES string of the molecule is O=C(O)[C@H]1C[C@@H](O)CN1C(=O)C(C(F)(F)F)C(F)(F)F. The van der Waals surface area contributed by atoms with Crippen LogP contribution in [0.3, 0.4) is 0 Å². The van der Waals surface area contributed by atoms with Gasteiger partial charge in [-0.05, 0) is 0 Å². The highest BCUT2D eigenvalue weighted by Crippen LogP contribution is 2.41. The Hall–Kier alpha value is -1.52. The van der Waals surface area contributed by atoms with Crippen molar-refractivity contribution in [3.63, 3.8) is 0 Å². The van der Waals surface area contributed by atoms with Gasteiger partial charge in [-0.3, -0.25) is 4.79 Å². The number of hydrogen-bond donors (Lipinski definition) is 2. The standard InChI is InChI=1S/C9H9F6NO4/c10-8(11,12)5(9(13,14)15)6(18)16-2-3(17)1-4(16)7(19)20/h3-5,17H,1-2H2,(H,19,20)/t3-,4-/m1/s1. The van der Waals surface area contributed by atoms with Crippen LogP contribution in [-0.4, -0.2) is 58.0 Å². The van der Waals surface area contributed by atoms with Crippen molar-refractivity contribution >= 4 is 11.9 Å². The Labute approximate surface area is 107 Å². The minimum Gasteiger partial charge on any atom is -0.480 e. The van der Waals surface area contributed by atoms with E-state index in [0.717, 1.165) is 0 Å².